The lowest BCUT2D eigenvalue weighted by molar-refractivity contribution is -0.124. The van der Waals surface area contributed by atoms with Gasteiger partial charge in [-0.15, -0.1) is 0 Å². The predicted octanol–water partition coefficient (Wildman–Crippen LogP) is 2.57. The van der Waals surface area contributed by atoms with E-state index in [0.29, 0.717) is 0 Å². The first-order valence-corrected chi connectivity index (χ1v) is 6.00. The van der Waals surface area contributed by atoms with Crippen molar-refractivity contribution in [2.45, 2.75) is 33.1 Å². The Morgan fingerprint density at radius 3 is 2.35 bits per heavy atom. The third kappa shape index (κ3) is 3.53. The highest BCUT2D eigenvalue weighted by atomic mass is 16.7. The predicted molar refractivity (Wildman–Crippen MR) is 70.1 cm³/mol. The number of hydrogen-bond donors (Lipinski definition) is 1. The summed E-state index contributed by atoms with van der Waals surface area (Å²) in [5.74, 6) is 0. The monoisotopic (exact) mass is 237 g/mol. The van der Waals surface area contributed by atoms with Crippen LogP contribution in [-0.2, 0) is 9.47 Å². The summed E-state index contributed by atoms with van der Waals surface area (Å²) in [6.45, 7) is 7.17. The van der Waals surface area contributed by atoms with E-state index in [4.69, 9.17) is 9.47 Å². The molecular weight excluding hydrogens is 214 g/mol. The van der Waals surface area contributed by atoms with Gasteiger partial charge in [0.1, 0.15) is 0 Å². The fraction of sp³-hybridized carbons (Fsp3) is 0.571. The van der Waals surface area contributed by atoms with Gasteiger partial charge in [-0.25, -0.2) is 0 Å². The normalized spacial score (nSPS) is 13.1. The number of likely N-dealkylation sites (N-methyl/N-ethyl adjacent to an activating group) is 1. The molecule has 0 aromatic heterocycles. The fourth-order valence-electron chi connectivity index (χ4n) is 2.04. The number of ether oxygens (including phenoxy) is 2. The maximum atomic E-state index is 5.38. The number of rotatable bonds is 6. The lowest BCUT2D eigenvalue weighted by Gasteiger charge is -2.27. The summed E-state index contributed by atoms with van der Waals surface area (Å²) in [4.78, 5) is 0. The molecule has 3 nitrogen and oxygen atoms in total. The van der Waals surface area contributed by atoms with Crippen molar-refractivity contribution in [3.63, 3.8) is 0 Å². The minimum atomic E-state index is -0.268. The Balaban J connectivity index is 3.07. The molecule has 0 spiro atoms. The van der Waals surface area contributed by atoms with Crippen LogP contribution in [0.3, 0.4) is 0 Å². The van der Waals surface area contributed by atoms with E-state index in [2.05, 4.69) is 44.3 Å². The van der Waals surface area contributed by atoms with Crippen molar-refractivity contribution >= 4 is 0 Å². The van der Waals surface area contributed by atoms with Crippen LogP contribution in [0, 0.1) is 13.8 Å². The summed E-state index contributed by atoms with van der Waals surface area (Å²) in [5.41, 5.74) is 3.74. The van der Waals surface area contributed by atoms with Gasteiger partial charge in [-0.2, -0.15) is 0 Å². The van der Waals surface area contributed by atoms with Crippen molar-refractivity contribution in [2.75, 3.05) is 20.8 Å². The highest BCUT2D eigenvalue weighted by molar-refractivity contribution is 5.33. The third-order valence-electron chi connectivity index (χ3n) is 2.93. The van der Waals surface area contributed by atoms with E-state index in [1.165, 1.54) is 16.7 Å². The SMILES string of the molecule is CCNC(c1cc(C)ccc1C)C(OC)OC. The third-order valence-corrected chi connectivity index (χ3v) is 2.93. The lowest BCUT2D eigenvalue weighted by atomic mass is 9.98. The van der Waals surface area contributed by atoms with Crippen molar-refractivity contribution in [3.8, 4) is 0 Å². The van der Waals surface area contributed by atoms with Crippen molar-refractivity contribution in [3.05, 3.63) is 34.9 Å². The summed E-state index contributed by atoms with van der Waals surface area (Å²) >= 11 is 0. The van der Waals surface area contributed by atoms with Crippen molar-refractivity contribution in [2.24, 2.45) is 0 Å². The average molecular weight is 237 g/mol. The van der Waals surface area contributed by atoms with Gasteiger partial charge in [0.2, 0.25) is 0 Å². The van der Waals surface area contributed by atoms with E-state index in [1.807, 2.05) is 0 Å². The van der Waals surface area contributed by atoms with Crippen LogP contribution in [0.15, 0.2) is 18.2 Å². The molecule has 1 atom stereocenters. The Hall–Kier alpha value is -0.900. The maximum Gasteiger partial charge on any atom is 0.176 e. The minimum absolute atomic E-state index is 0.0647. The molecule has 1 aromatic carbocycles. The minimum Gasteiger partial charge on any atom is -0.354 e. The van der Waals surface area contributed by atoms with Gasteiger partial charge >= 0.3 is 0 Å². The van der Waals surface area contributed by atoms with E-state index in [-0.39, 0.29) is 12.3 Å². The Morgan fingerprint density at radius 1 is 1.18 bits per heavy atom. The second-order valence-corrected chi connectivity index (χ2v) is 4.24. The zero-order valence-electron chi connectivity index (χ0n) is 11.4. The molecule has 3 heteroatoms. The molecule has 17 heavy (non-hydrogen) atoms. The summed E-state index contributed by atoms with van der Waals surface area (Å²) < 4.78 is 10.8. The van der Waals surface area contributed by atoms with Gasteiger partial charge in [-0.1, -0.05) is 30.7 Å². The molecule has 0 aliphatic heterocycles. The van der Waals surface area contributed by atoms with Crippen LogP contribution < -0.4 is 5.32 Å². The standard InChI is InChI=1S/C14H23NO2/c1-6-15-13(14(16-4)17-5)12-9-10(2)7-8-11(12)3/h7-9,13-15H,6H2,1-5H3. The van der Waals surface area contributed by atoms with Gasteiger partial charge in [0.05, 0.1) is 6.04 Å². The Bertz CT molecular complexity index is 348. The lowest BCUT2D eigenvalue weighted by Crippen LogP contribution is -2.35. The van der Waals surface area contributed by atoms with Crippen molar-refractivity contribution < 1.29 is 9.47 Å². The number of nitrogens with one attached hydrogen (secondary N) is 1. The van der Waals surface area contributed by atoms with Crippen LogP contribution in [-0.4, -0.2) is 27.1 Å². The van der Waals surface area contributed by atoms with Crippen LogP contribution >= 0.6 is 0 Å². The first-order chi connectivity index (χ1) is 8.13. The molecule has 0 bridgehead atoms. The Morgan fingerprint density at radius 2 is 1.82 bits per heavy atom. The van der Waals surface area contributed by atoms with Crippen molar-refractivity contribution in [1.29, 1.82) is 0 Å². The topological polar surface area (TPSA) is 30.5 Å². The largest absolute Gasteiger partial charge is 0.354 e. The van der Waals surface area contributed by atoms with Crippen LogP contribution in [0.2, 0.25) is 0 Å². The van der Waals surface area contributed by atoms with E-state index in [9.17, 15) is 0 Å². The molecule has 96 valence electrons. The van der Waals surface area contributed by atoms with Gasteiger partial charge in [0.25, 0.3) is 0 Å². The molecule has 0 aliphatic rings. The Kier molecular flexibility index (Phi) is 5.62. The van der Waals surface area contributed by atoms with E-state index < -0.39 is 0 Å². The van der Waals surface area contributed by atoms with Gasteiger partial charge in [-0.3, -0.25) is 0 Å². The average Bonchev–Trinajstić information content (AvgIpc) is 2.33. The first kappa shape index (κ1) is 14.2. The molecule has 0 saturated carbocycles. The van der Waals surface area contributed by atoms with Crippen LogP contribution in [0.5, 0.6) is 0 Å². The highest BCUT2D eigenvalue weighted by Gasteiger charge is 2.23. The molecule has 0 radical (unpaired) electrons. The zero-order chi connectivity index (χ0) is 12.8. The van der Waals surface area contributed by atoms with Gasteiger partial charge in [0.15, 0.2) is 6.29 Å². The molecule has 1 unspecified atom stereocenters. The summed E-state index contributed by atoms with van der Waals surface area (Å²) in [6.07, 6.45) is -0.268. The van der Waals surface area contributed by atoms with Crippen LogP contribution in [0.4, 0.5) is 0 Å². The molecule has 0 fully saturated rings. The quantitative estimate of drug-likeness (QED) is 0.771. The van der Waals surface area contributed by atoms with E-state index >= 15 is 0 Å². The van der Waals surface area contributed by atoms with Gasteiger partial charge in [-0.05, 0) is 31.5 Å². The second-order valence-electron chi connectivity index (χ2n) is 4.24. The fourth-order valence-corrected chi connectivity index (χ4v) is 2.04. The van der Waals surface area contributed by atoms with Crippen LogP contribution in [0.1, 0.15) is 29.7 Å². The molecular formula is C14H23NO2. The maximum absolute atomic E-state index is 5.38. The van der Waals surface area contributed by atoms with Crippen LogP contribution in [0.25, 0.3) is 0 Å². The molecule has 0 amide bonds. The molecule has 0 aliphatic carbocycles. The molecule has 1 N–H and O–H groups in total. The molecule has 1 aromatic rings. The van der Waals surface area contributed by atoms with E-state index in [0.717, 1.165) is 6.54 Å². The molecule has 0 saturated heterocycles. The molecule has 1 rings (SSSR count). The number of aryl methyl sites for hydroxylation is 2. The van der Waals surface area contributed by atoms with Gasteiger partial charge in [0, 0.05) is 14.2 Å². The summed E-state index contributed by atoms with van der Waals surface area (Å²) in [6, 6.07) is 6.51. The number of hydrogen-bond acceptors (Lipinski definition) is 3. The van der Waals surface area contributed by atoms with E-state index in [1.54, 1.807) is 14.2 Å². The second kappa shape index (κ2) is 6.74. The van der Waals surface area contributed by atoms with Gasteiger partial charge < -0.3 is 14.8 Å². The zero-order valence-corrected chi connectivity index (χ0v) is 11.4. The smallest absolute Gasteiger partial charge is 0.176 e. The summed E-state index contributed by atoms with van der Waals surface area (Å²) in [5, 5.41) is 3.42. The highest BCUT2D eigenvalue weighted by Crippen LogP contribution is 2.24. The molecule has 0 heterocycles. The number of benzene rings is 1. The summed E-state index contributed by atoms with van der Waals surface area (Å²) in [7, 11) is 3.34. The Labute approximate surface area is 104 Å². The number of methoxy groups -OCH3 is 2. The van der Waals surface area contributed by atoms with Crippen molar-refractivity contribution in [1.82, 2.24) is 5.32 Å². The first-order valence-electron chi connectivity index (χ1n) is 6.00.